The summed E-state index contributed by atoms with van der Waals surface area (Å²) in [5.41, 5.74) is 1.47. The van der Waals surface area contributed by atoms with Crippen LogP contribution in [0.1, 0.15) is 10.4 Å². The van der Waals surface area contributed by atoms with Gasteiger partial charge in [-0.1, -0.05) is 15.9 Å². The highest BCUT2D eigenvalue weighted by Crippen LogP contribution is 2.31. The average molecular weight is 486 g/mol. The number of benzene rings is 2. The van der Waals surface area contributed by atoms with Crippen LogP contribution < -0.4 is 20.3 Å². The van der Waals surface area contributed by atoms with Crippen molar-refractivity contribution in [2.75, 3.05) is 19.5 Å². The monoisotopic (exact) mass is 485 g/mol. The molecule has 0 bridgehead atoms. The van der Waals surface area contributed by atoms with E-state index < -0.39 is 0 Å². The lowest BCUT2D eigenvalue weighted by Gasteiger charge is -2.08. The van der Waals surface area contributed by atoms with Crippen LogP contribution in [-0.2, 0) is 0 Å². The molecule has 9 heteroatoms. The summed E-state index contributed by atoms with van der Waals surface area (Å²) in [6.45, 7) is 0. The Balaban J connectivity index is 1.92. The van der Waals surface area contributed by atoms with Crippen molar-refractivity contribution >= 4 is 55.0 Å². The summed E-state index contributed by atoms with van der Waals surface area (Å²) in [5, 5.41) is 5.80. The minimum absolute atomic E-state index is 0.144. The molecule has 4 rings (SSSR count). The van der Waals surface area contributed by atoms with Gasteiger partial charge in [-0.2, -0.15) is 0 Å². The molecule has 0 aliphatic heterocycles. The molecule has 0 aliphatic rings. The molecule has 0 unspecified atom stereocenters. The number of hydrogen-bond donors (Lipinski definition) is 1. The normalized spacial score (nSPS) is 11.5. The van der Waals surface area contributed by atoms with Crippen LogP contribution in [0.25, 0.3) is 11.0 Å². The van der Waals surface area contributed by atoms with Gasteiger partial charge in [0.05, 0.1) is 14.2 Å². The number of anilines is 1. The zero-order valence-corrected chi connectivity index (χ0v) is 18.4. The maximum absolute atomic E-state index is 13.0. The highest BCUT2D eigenvalue weighted by molar-refractivity contribution is 9.10. The molecule has 4 aromatic rings. The van der Waals surface area contributed by atoms with E-state index in [1.807, 2.05) is 18.2 Å². The molecule has 2 aromatic carbocycles. The third-order valence-corrected chi connectivity index (χ3v) is 5.40. The topological polar surface area (TPSA) is 86.0 Å². The number of fused-ring (bicyclic) bond motifs is 1. The second-order valence-electron chi connectivity index (χ2n) is 6.09. The Bertz CT molecular complexity index is 1290. The third-order valence-electron chi connectivity index (χ3n) is 4.21. The van der Waals surface area contributed by atoms with Gasteiger partial charge < -0.3 is 13.9 Å². The van der Waals surface area contributed by atoms with Crippen LogP contribution in [0.3, 0.4) is 0 Å². The highest BCUT2D eigenvalue weighted by Gasteiger charge is 2.15. The minimum Gasteiger partial charge on any atom is -0.497 e. The Labute approximate surface area is 184 Å². The van der Waals surface area contributed by atoms with E-state index in [1.54, 1.807) is 50.1 Å². The summed E-state index contributed by atoms with van der Waals surface area (Å²) < 4.78 is 17.6. The first-order valence-electron chi connectivity index (χ1n) is 8.78. The predicted octanol–water partition coefficient (Wildman–Crippen LogP) is 5.15. The second kappa shape index (κ2) is 8.68. The zero-order chi connectivity index (χ0) is 21.1. The molecule has 7 nitrogen and oxygen atoms in total. The molecule has 30 heavy (non-hydrogen) atoms. The number of amides is 1. The highest BCUT2D eigenvalue weighted by atomic mass is 79.9. The first kappa shape index (κ1) is 20.1. The number of rotatable bonds is 5. The number of ether oxygens (including phenoxy) is 2. The summed E-state index contributed by atoms with van der Waals surface area (Å²) in [7, 11) is 3.11. The number of methoxy groups -OCH3 is 2. The summed E-state index contributed by atoms with van der Waals surface area (Å²) in [4.78, 5) is 21.7. The maximum atomic E-state index is 13.0. The molecule has 0 spiro atoms. The van der Waals surface area contributed by atoms with Crippen molar-refractivity contribution in [3.63, 3.8) is 0 Å². The molecule has 0 saturated heterocycles. The number of carbonyl (C=O) groups is 1. The van der Waals surface area contributed by atoms with Gasteiger partial charge in [-0.25, -0.2) is 9.98 Å². The fraction of sp³-hybridized carbons (Fsp3) is 0.0952. The van der Waals surface area contributed by atoms with Gasteiger partial charge in [-0.3, -0.25) is 10.1 Å². The smallest absolute Gasteiger partial charge is 0.262 e. The molecule has 0 atom stereocenters. The van der Waals surface area contributed by atoms with Gasteiger partial charge in [0.1, 0.15) is 28.3 Å². The SMILES string of the molecule is COc1ccc(OC)c(N=c2oc3ccc(Br)cc3cc2C(=O)Nc2nccs2)c1. The van der Waals surface area contributed by atoms with Gasteiger partial charge in [-0.15, -0.1) is 11.3 Å². The van der Waals surface area contributed by atoms with Crippen molar-refractivity contribution in [2.45, 2.75) is 0 Å². The van der Waals surface area contributed by atoms with Crippen LogP contribution in [0, 0.1) is 0 Å². The molecule has 1 N–H and O–H groups in total. The lowest BCUT2D eigenvalue weighted by molar-refractivity contribution is 0.102. The molecule has 0 saturated carbocycles. The van der Waals surface area contributed by atoms with Crippen LogP contribution in [0.5, 0.6) is 11.5 Å². The van der Waals surface area contributed by atoms with Gasteiger partial charge in [0.25, 0.3) is 5.91 Å². The molecule has 152 valence electrons. The van der Waals surface area contributed by atoms with Gasteiger partial charge in [-0.05, 0) is 36.4 Å². The summed E-state index contributed by atoms with van der Waals surface area (Å²) in [6.07, 6.45) is 1.62. The Hall–Kier alpha value is -3.17. The number of thiazole rings is 1. The van der Waals surface area contributed by atoms with E-state index in [0.717, 1.165) is 9.86 Å². The van der Waals surface area contributed by atoms with Crippen LogP contribution in [0.2, 0.25) is 0 Å². The molecular weight excluding hydrogens is 470 g/mol. The molecule has 0 aliphatic carbocycles. The van der Waals surface area contributed by atoms with Crippen molar-refractivity contribution in [3.8, 4) is 11.5 Å². The van der Waals surface area contributed by atoms with E-state index in [1.165, 1.54) is 11.3 Å². The number of hydrogen-bond acceptors (Lipinski definition) is 7. The molecule has 0 radical (unpaired) electrons. The van der Waals surface area contributed by atoms with E-state index >= 15 is 0 Å². The first-order chi connectivity index (χ1) is 14.6. The number of nitrogens with zero attached hydrogens (tertiary/aromatic N) is 2. The van der Waals surface area contributed by atoms with Gasteiger partial charge in [0.2, 0.25) is 5.55 Å². The predicted molar refractivity (Wildman–Crippen MR) is 119 cm³/mol. The Morgan fingerprint density at radius 1 is 1.17 bits per heavy atom. The summed E-state index contributed by atoms with van der Waals surface area (Å²) >= 11 is 4.77. The van der Waals surface area contributed by atoms with Crippen molar-refractivity contribution in [2.24, 2.45) is 4.99 Å². The van der Waals surface area contributed by atoms with Crippen LogP contribution >= 0.6 is 27.3 Å². The zero-order valence-electron chi connectivity index (χ0n) is 16.0. The van der Waals surface area contributed by atoms with Crippen molar-refractivity contribution in [1.82, 2.24) is 4.98 Å². The van der Waals surface area contributed by atoms with Crippen LogP contribution in [0.4, 0.5) is 10.8 Å². The van der Waals surface area contributed by atoms with E-state index in [0.29, 0.717) is 27.9 Å². The molecule has 2 aromatic heterocycles. The van der Waals surface area contributed by atoms with E-state index in [2.05, 4.69) is 31.2 Å². The standard InChI is InChI=1S/C21H16BrN3O4S/c1-27-14-4-6-18(28-2)16(11-14)24-20-15(19(26)25-21-23-7-8-30-21)10-12-9-13(22)3-5-17(12)29-20/h3-11H,1-2H3,(H,23,25,26). The lowest BCUT2D eigenvalue weighted by Crippen LogP contribution is -2.21. The first-order valence-corrected chi connectivity index (χ1v) is 10.5. The maximum Gasteiger partial charge on any atom is 0.262 e. The summed E-state index contributed by atoms with van der Waals surface area (Å²) in [6, 6.07) is 12.5. The van der Waals surface area contributed by atoms with Gasteiger partial charge in [0.15, 0.2) is 5.13 Å². The molecular formula is C21H16BrN3O4S. The largest absolute Gasteiger partial charge is 0.497 e. The lowest BCUT2D eigenvalue weighted by atomic mass is 10.1. The number of carbonyl (C=O) groups excluding carboxylic acids is 1. The number of nitrogens with one attached hydrogen (secondary N) is 1. The van der Waals surface area contributed by atoms with E-state index in [-0.39, 0.29) is 17.0 Å². The quantitative estimate of drug-likeness (QED) is 0.422. The van der Waals surface area contributed by atoms with E-state index in [4.69, 9.17) is 13.9 Å². The molecule has 1 amide bonds. The van der Waals surface area contributed by atoms with Crippen molar-refractivity contribution < 1.29 is 18.7 Å². The third kappa shape index (κ3) is 4.22. The Morgan fingerprint density at radius 2 is 2.03 bits per heavy atom. The number of aromatic nitrogens is 1. The van der Waals surface area contributed by atoms with Crippen LogP contribution in [0.15, 0.2) is 67.9 Å². The van der Waals surface area contributed by atoms with Crippen LogP contribution in [-0.4, -0.2) is 25.1 Å². The Morgan fingerprint density at radius 3 is 2.77 bits per heavy atom. The second-order valence-corrected chi connectivity index (χ2v) is 7.90. The average Bonchev–Trinajstić information content (AvgIpc) is 3.26. The molecule has 2 heterocycles. The summed E-state index contributed by atoms with van der Waals surface area (Å²) in [5.74, 6) is 0.748. The number of halogens is 1. The fourth-order valence-corrected chi connectivity index (χ4v) is 3.69. The van der Waals surface area contributed by atoms with Crippen molar-refractivity contribution in [3.05, 3.63) is 69.6 Å². The fourth-order valence-electron chi connectivity index (χ4n) is 2.79. The van der Waals surface area contributed by atoms with Gasteiger partial charge >= 0.3 is 0 Å². The molecule has 0 fully saturated rings. The van der Waals surface area contributed by atoms with Gasteiger partial charge in [0, 0.05) is 27.5 Å². The minimum atomic E-state index is -0.379. The van der Waals surface area contributed by atoms with Crippen molar-refractivity contribution in [1.29, 1.82) is 0 Å². The van der Waals surface area contributed by atoms with E-state index in [9.17, 15) is 4.79 Å². The Kier molecular flexibility index (Phi) is 5.82.